The van der Waals surface area contributed by atoms with E-state index in [1.807, 2.05) is 37.4 Å². The number of nitrogens with zero attached hydrogens (tertiary/aromatic N) is 1. The summed E-state index contributed by atoms with van der Waals surface area (Å²) in [4.78, 5) is 15.6. The van der Waals surface area contributed by atoms with E-state index in [2.05, 4.69) is 10.3 Å². The van der Waals surface area contributed by atoms with Gasteiger partial charge in [-0.2, -0.15) is 4.31 Å². The molecule has 1 aromatic heterocycles. The molecule has 27 heavy (non-hydrogen) atoms. The van der Waals surface area contributed by atoms with Crippen LogP contribution in [0.3, 0.4) is 0 Å². The van der Waals surface area contributed by atoms with Gasteiger partial charge in [-0.15, -0.1) is 0 Å². The van der Waals surface area contributed by atoms with Crippen molar-refractivity contribution in [3.8, 4) is 0 Å². The number of aromatic nitrogens is 1. The van der Waals surface area contributed by atoms with E-state index in [4.69, 9.17) is 0 Å². The summed E-state index contributed by atoms with van der Waals surface area (Å²) in [7, 11) is -2.04. The van der Waals surface area contributed by atoms with Gasteiger partial charge >= 0.3 is 0 Å². The summed E-state index contributed by atoms with van der Waals surface area (Å²) in [5.41, 5.74) is 2.91. The van der Waals surface area contributed by atoms with E-state index in [1.54, 1.807) is 24.3 Å². The van der Waals surface area contributed by atoms with Crippen molar-refractivity contribution in [1.82, 2.24) is 14.6 Å². The first-order chi connectivity index (χ1) is 12.9. The third-order valence-corrected chi connectivity index (χ3v) is 6.38. The number of aromatic amines is 1. The molecule has 142 valence electrons. The normalized spacial score (nSPS) is 11.8. The van der Waals surface area contributed by atoms with Crippen molar-refractivity contribution in [2.75, 3.05) is 20.1 Å². The molecule has 1 heterocycles. The molecule has 0 saturated carbocycles. The van der Waals surface area contributed by atoms with Crippen LogP contribution in [0.15, 0.2) is 59.6 Å². The predicted molar refractivity (Wildman–Crippen MR) is 106 cm³/mol. The van der Waals surface area contributed by atoms with Gasteiger partial charge in [-0.25, -0.2) is 8.42 Å². The Bertz CT molecular complexity index is 1040. The predicted octanol–water partition coefficient (Wildman–Crippen LogP) is 2.46. The highest BCUT2D eigenvalue weighted by atomic mass is 32.2. The molecule has 7 heteroatoms. The van der Waals surface area contributed by atoms with Crippen molar-refractivity contribution in [2.24, 2.45) is 0 Å². The number of H-pyrrole nitrogens is 1. The number of amides is 1. The van der Waals surface area contributed by atoms with Crippen molar-refractivity contribution in [1.29, 1.82) is 0 Å². The van der Waals surface area contributed by atoms with Gasteiger partial charge in [0.15, 0.2) is 0 Å². The van der Waals surface area contributed by atoms with Gasteiger partial charge in [-0.3, -0.25) is 4.79 Å². The van der Waals surface area contributed by atoms with Crippen LogP contribution in [0.25, 0.3) is 10.9 Å². The third kappa shape index (κ3) is 4.37. The second kappa shape index (κ2) is 7.94. The standard InChI is InChI=1S/C20H23N3O3S/c1-15-7-9-17(10-8-15)27(25,26)23(2)12-11-21-20(24)13-16-14-22-19-6-4-3-5-18(16)19/h3-10,14,22H,11-13H2,1-2H3,(H,21,24). The first-order valence-corrected chi connectivity index (χ1v) is 10.2. The van der Waals surface area contributed by atoms with Crippen LogP contribution in [0.2, 0.25) is 0 Å². The third-order valence-electron chi connectivity index (χ3n) is 4.50. The monoisotopic (exact) mass is 385 g/mol. The molecule has 0 spiro atoms. The van der Waals surface area contributed by atoms with E-state index in [1.165, 1.54) is 11.4 Å². The van der Waals surface area contributed by atoms with Gasteiger partial charge in [0.2, 0.25) is 15.9 Å². The summed E-state index contributed by atoms with van der Waals surface area (Å²) in [5.74, 6) is -0.138. The van der Waals surface area contributed by atoms with Gasteiger partial charge in [0, 0.05) is 37.2 Å². The Morgan fingerprint density at radius 3 is 2.56 bits per heavy atom. The van der Waals surface area contributed by atoms with E-state index in [-0.39, 0.29) is 30.3 Å². The highest BCUT2D eigenvalue weighted by Gasteiger charge is 2.20. The Labute approximate surface area is 159 Å². The van der Waals surface area contributed by atoms with Crippen LogP contribution < -0.4 is 5.32 Å². The lowest BCUT2D eigenvalue weighted by Gasteiger charge is -2.17. The molecule has 0 fully saturated rings. The number of hydrogen-bond acceptors (Lipinski definition) is 3. The highest BCUT2D eigenvalue weighted by Crippen LogP contribution is 2.18. The van der Waals surface area contributed by atoms with E-state index >= 15 is 0 Å². The minimum absolute atomic E-state index is 0.138. The van der Waals surface area contributed by atoms with E-state index in [0.717, 1.165) is 22.0 Å². The van der Waals surface area contributed by atoms with Crippen LogP contribution in [0.5, 0.6) is 0 Å². The Morgan fingerprint density at radius 2 is 1.81 bits per heavy atom. The van der Waals surface area contributed by atoms with Gasteiger partial charge < -0.3 is 10.3 Å². The number of sulfonamides is 1. The van der Waals surface area contributed by atoms with Crippen LogP contribution in [0, 0.1) is 6.92 Å². The topological polar surface area (TPSA) is 82.3 Å². The number of carbonyl (C=O) groups is 1. The fraction of sp³-hybridized carbons (Fsp3) is 0.250. The average Bonchev–Trinajstić information content (AvgIpc) is 3.05. The minimum atomic E-state index is -3.56. The molecule has 0 radical (unpaired) electrons. The first-order valence-electron chi connectivity index (χ1n) is 8.72. The van der Waals surface area contributed by atoms with Crippen molar-refractivity contribution < 1.29 is 13.2 Å². The quantitative estimate of drug-likeness (QED) is 0.655. The number of nitrogens with one attached hydrogen (secondary N) is 2. The Balaban J connectivity index is 1.54. The minimum Gasteiger partial charge on any atom is -0.361 e. The second-order valence-corrected chi connectivity index (χ2v) is 8.57. The number of para-hydroxylation sites is 1. The molecular formula is C20H23N3O3S. The molecule has 0 aliphatic carbocycles. The van der Waals surface area contributed by atoms with Crippen molar-refractivity contribution in [2.45, 2.75) is 18.2 Å². The van der Waals surface area contributed by atoms with Crippen LogP contribution in [0.4, 0.5) is 0 Å². The number of likely N-dealkylation sites (N-methyl/N-ethyl adjacent to an activating group) is 1. The lowest BCUT2D eigenvalue weighted by Crippen LogP contribution is -2.36. The second-order valence-electron chi connectivity index (χ2n) is 6.53. The zero-order chi connectivity index (χ0) is 19.4. The number of fused-ring (bicyclic) bond motifs is 1. The van der Waals surface area contributed by atoms with Crippen LogP contribution >= 0.6 is 0 Å². The van der Waals surface area contributed by atoms with Crippen molar-refractivity contribution in [3.63, 3.8) is 0 Å². The van der Waals surface area contributed by atoms with Gasteiger partial charge in [-0.1, -0.05) is 35.9 Å². The molecule has 3 aromatic rings. The molecule has 0 aliphatic heterocycles. The van der Waals surface area contributed by atoms with Crippen molar-refractivity contribution >= 4 is 26.8 Å². The number of hydrogen-bond donors (Lipinski definition) is 2. The van der Waals surface area contributed by atoms with Crippen LogP contribution in [0.1, 0.15) is 11.1 Å². The van der Waals surface area contributed by atoms with Gasteiger partial charge in [-0.05, 0) is 30.7 Å². The molecule has 2 N–H and O–H groups in total. The fourth-order valence-corrected chi connectivity index (χ4v) is 4.05. The summed E-state index contributed by atoms with van der Waals surface area (Å²) < 4.78 is 26.3. The van der Waals surface area contributed by atoms with E-state index in [9.17, 15) is 13.2 Å². The number of benzene rings is 2. The smallest absolute Gasteiger partial charge is 0.242 e. The molecule has 1 amide bonds. The van der Waals surface area contributed by atoms with E-state index < -0.39 is 10.0 Å². The number of aryl methyl sites for hydroxylation is 1. The first kappa shape index (κ1) is 19.1. The molecular weight excluding hydrogens is 362 g/mol. The molecule has 2 aromatic carbocycles. The molecule has 0 saturated heterocycles. The average molecular weight is 385 g/mol. The molecule has 0 aliphatic rings. The number of carbonyl (C=O) groups excluding carboxylic acids is 1. The van der Waals surface area contributed by atoms with Gasteiger partial charge in [0.1, 0.15) is 0 Å². The molecule has 3 rings (SSSR count). The summed E-state index contributed by atoms with van der Waals surface area (Å²) in [6.45, 7) is 2.36. The number of rotatable bonds is 7. The molecule has 0 unspecified atom stereocenters. The maximum atomic E-state index is 12.5. The SMILES string of the molecule is Cc1ccc(S(=O)(=O)N(C)CCNC(=O)Cc2c[nH]c3ccccc23)cc1. The van der Waals surface area contributed by atoms with Gasteiger partial charge in [0.25, 0.3) is 0 Å². The molecule has 6 nitrogen and oxygen atoms in total. The zero-order valence-electron chi connectivity index (χ0n) is 15.4. The molecule has 0 bridgehead atoms. The largest absolute Gasteiger partial charge is 0.361 e. The fourth-order valence-electron chi connectivity index (χ4n) is 2.88. The van der Waals surface area contributed by atoms with Crippen LogP contribution in [-0.2, 0) is 21.2 Å². The lowest BCUT2D eigenvalue weighted by atomic mass is 10.1. The van der Waals surface area contributed by atoms with Gasteiger partial charge in [0.05, 0.1) is 11.3 Å². The summed E-state index contributed by atoms with van der Waals surface area (Å²) in [5, 5.41) is 3.81. The summed E-state index contributed by atoms with van der Waals surface area (Å²) in [6.07, 6.45) is 2.08. The highest BCUT2D eigenvalue weighted by molar-refractivity contribution is 7.89. The summed E-state index contributed by atoms with van der Waals surface area (Å²) in [6, 6.07) is 14.5. The lowest BCUT2D eigenvalue weighted by molar-refractivity contribution is -0.120. The maximum Gasteiger partial charge on any atom is 0.242 e. The Morgan fingerprint density at radius 1 is 1.11 bits per heavy atom. The molecule has 0 atom stereocenters. The van der Waals surface area contributed by atoms with Crippen LogP contribution in [-0.4, -0.2) is 43.8 Å². The van der Waals surface area contributed by atoms with Crippen molar-refractivity contribution in [3.05, 3.63) is 65.9 Å². The zero-order valence-corrected chi connectivity index (χ0v) is 16.2. The van der Waals surface area contributed by atoms with E-state index in [0.29, 0.717) is 0 Å². The summed E-state index contributed by atoms with van der Waals surface area (Å²) >= 11 is 0. The Hall–Kier alpha value is -2.64. The Kier molecular flexibility index (Phi) is 5.62. The maximum absolute atomic E-state index is 12.5.